The number of nitrogens with one attached hydrogen (secondary N) is 1. The first-order valence-corrected chi connectivity index (χ1v) is 6.83. The van der Waals surface area contributed by atoms with Crippen molar-refractivity contribution < 1.29 is 13.5 Å². The highest BCUT2D eigenvalue weighted by molar-refractivity contribution is 7.89. The van der Waals surface area contributed by atoms with Crippen LogP contribution in [0.5, 0.6) is 0 Å². The van der Waals surface area contributed by atoms with Crippen LogP contribution in [-0.4, -0.2) is 36.1 Å². The normalized spacial score (nSPS) is 15.5. The van der Waals surface area contributed by atoms with Crippen LogP contribution in [0.4, 0.5) is 0 Å². The van der Waals surface area contributed by atoms with Gasteiger partial charge in [0.15, 0.2) is 0 Å². The Morgan fingerprint density at radius 3 is 2.41 bits per heavy atom. The van der Waals surface area contributed by atoms with Crippen LogP contribution in [-0.2, 0) is 10.0 Å². The molecule has 1 heterocycles. The second-order valence-corrected chi connectivity index (χ2v) is 5.81. The van der Waals surface area contributed by atoms with Crippen molar-refractivity contribution in [2.24, 2.45) is 5.92 Å². The Balaban J connectivity index is 2.85. The first-order chi connectivity index (χ1) is 7.86. The fraction of sp³-hybridized carbons (Fsp3) is 0.556. The van der Waals surface area contributed by atoms with Gasteiger partial charge in [-0.1, -0.05) is 6.92 Å². The Labute approximate surface area is 105 Å². The summed E-state index contributed by atoms with van der Waals surface area (Å²) in [7, 11) is -3.68. The molecule has 2 atom stereocenters. The maximum absolute atomic E-state index is 11.9. The fourth-order valence-electron chi connectivity index (χ4n) is 1.03. The summed E-state index contributed by atoms with van der Waals surface area (Å²) < 4.78 is 26.1. The van der Waals surface area contributed by atoms with Crippen molar-refractivity contribution >= 4 is 21.6 Å². The van der Waals surface area contributed by atoms with E-state index in [0.29, 0.717) is 0 Å². The monoisotopic (exact) mass is 279 g/mol. The molecule has 0 aliphatic carbocycles. The van der Waals surface area contributed by atoms with Gasteiger partial charge in [-0.3, -0.25) is 0 Å². The summed E-state index contributed by atoms with van der Waals surface area (Å²) in [5.41, 5.74) is 0. The summed E-state index contributed by atoms with van der Waals surface area (Å²) in [5.74, 6) is -0.182. The summed E-state index contributed by atoms with van der Waals surface area (Å²) >= 11 is 5.47. The maximum atomic E-state index is 11.9. The Hall–Kier alpha value is -0.760. The molecule has 6 nitrogen and oxygen atoms in total. The third-order valence-corrected chi connectivity index (χ3v) is 4.10. The van der Waals surface area contributed by atoms with Crippen LogP contribution in [0.25, 0.3) is 0 Å². The molecule has 0 aliphatic heterocycles. The lowest BCUT2D eigenvalue weighted by molar-refractivity contribution is 0.216. The van der Waals surface area contributed by atoms with Crippen LogP contribution in [0.3, 0.4) is 0 Å². The Kier molecular flexibility index (Phi) is 4.81. The quantitative estimate of drug-likeness (QED) is 0.763. The van der Waals surface area contributed by atoms with Crippen LogP contribution in [0.1, 0.15) is 13.8 Å². The van der Waals surface area contributed by atoms with Crippen LogP contribution >= 0.6 is 11.6 Å². The largest absolute Gasteiger partial charge is 0.396 e. The molecule has 0 radical (unpaired) electrons. The van der Waals surface area contributed by atoms with Gasteiger partial charge in [0.2, 0.25) is 15.3 Å². The highest BCUT2D eigenvalue weighted by Crippen LogP contribution is 2.10. The zero-order valence-corrected chi connectivity index (χ0v) is 11.0. The molecule has 0 bridgehead atoms. The second kappa shape index (κ2) is 5.72. The van der Waals surface area contributed by atoms with Crippen molar-refractivity contribution in [1.29, 1.82) is 0 Å². The van der Waals surface area contributed by atoms with Crippen LogP contribution in [0.15, 0.2) is 17.3 Å². The number of hydrogen-bond donors (Lipinski definition) is 2. The first-order valence-electron chi connectivity index (χ1n) is 4.97. The zero-order valence-electron chi connectivity index (χ0n) is 9.46. The summed E-state index contributed by atoms with van der Waals surface area (Å²) in [4.78, 5) is 7.15. The van der Waals surface area contributed by atoms with E-state index in [-0.39, 0.29) is 28.7 Å². The van der Waals surface area contributed by atoms with E-state index in [2.05, 4.69) is 14.7 Å². The lowest BCUT2D eigenvalue weighted by Gasteiger charge is -2.18. The van der Waals surface area contributed by atoms with E-state index in [1.54, 1.807) is 13.8 Å². The van der Waals surface area contributed by atoms with Crippen molar-refractivity contribution in [2.45, 2.75) is 24.8 Å². The average Bonchev–Trinajstić information content (AvgIpc) is 2.27. The predicted molar refractivity (Wildman–Crippen MR) is 63.1 cm³/mol. The van der Waals surface area contributed by atoms with E-state index >= 15 is 0 Å². The van der Waals surface area contributed by atoms with Gasteiger partial charge >= 0.3 is 0 Å². The van der Waals surface area contributed by atoms with E-state index in [9.17, 15) is 8.42 Å². The molecule has 1 aromatic rings. The molecule has 0 spiro atoms. The number of rotatable bonds is 5. The van der Waals surface area contributed by atoms with Gasteiger partial charge in [0, 0.05) is 12.6 Å². The van der Waals surface area contributed by atoms with E-state index in [0.717, 1.165) is 12.4 Å². The summed E-state index contributed by atoms with van der Waals surface area (Å²) in [5, 5.41) is 8.92. The molecule has 1 rings (SSSR count). The summed E-state index contributed by atoms with van der Waals surface area (Å²) in [6, 6.07) is -0.388. The molecule has 2 N–H and O–H groups in total. The number of sulfonamides is 1. The van der Waals surface area contributed by atoms with Gasteiger partial charge in [-0.15, -0.1) is 0 Å². The van der Waals surface area contributed by atoms with Crippen LogP contribution in [0.2, 0.25) is 5.28 Å². The number of aromatic nitrogens is 2. The Morgan fingerprint density at radius 1 is 1.41 bits per heavy atom. The summed E-state index contributed by atoms with van der Waals surface area (Å²) in [6.07, 6.45) is 2.27. The van der Waals surface area contributed by atoms with Gasteiger partial charge in [0.1, 0.15) is 4.90 Å². The second-order valence-electron chi connectivity index (χ2n) is 3.76. The summed E-state index contributed by atoms with van der Waals surface area (Å²) in [6.45, 7) is 3.32. The van der Waals surface area contributed by atoms with Crippen LogP contribution in [0, 0.1) is 5.92 Å². The third-order valence-electron chi connectivity index (χ3n) is 2.39. The molecule has 2 unspecified atom stereocenters. The first kappa shape index (κ1) is 14.3. The van der Waals surface area contributed by atoms with Crippen molar-refractivity contribution in [2.75, 3.05) is 6.61 Å². The molecule has 8 heteroatoms. The van der Waals surface area contributed by atoms with E-state index in [1.165, 1.54) is 0 Å². The molecule has 0 fully saturated rings. The van der Waals surface area contributed by atoms with E-state index in [4.69, 9.17) is 16.7 Å². The van der Waals surface area contributed by atoms with Gasteiger partial charge in [-0.25, -0.2) is 23.1 Å². The van der Waals surface area contributed by atoms with Gasteiger partial charge in [-0.2, -0.15) is 0 Å². The van der Waals surface area contributed by atoms with Gasteiger partial charge in [0.25, 0.3) is 0 Å². The molecule has 17 heavy (non-hydrogen) atoms. The molecule has 1 aromatic heterocycles. The smallest absolute Gasteiger partial charge is 0.243 e. The minimum Gasteiger partial charge on any atom is -0.396 e. The molecular formula is C9H14ClN3O3S. The van der Waals surface area contributed by atoms with E-state index < -0.39 is 10.0 Å². The molecule has 96 valence electrons. The minimum absolute atomic E-state index is 0.0132. The fourth-order valence-corrected chi connectivity index (χ4v) is 2.36. The standard InChI is InChI=1S/C9H14ClN3O3S/c1-6(5-14)7(2)13-17(15,16)8-3-11-9(10)12-4-8/h3-4,6-7,13-14H,5H2,1-2H3. The highest BCUT2D eigenvalue weighted by Gasteiger charge is 2.21. The number of hydrogen-bond acceptors (Lipinski definition) is 5. The molecular weight excluding hydrogens is 266 g/mol. The zero-order chi connectivity index (χ0) is 13.1. The van der Waals surface area contributed by atoms with Crippen LogP contribution < -0.4 is 4.72 Å². The molecule has 0 aliphatic rings. The maximum Gasteiger partial charge on any atom is 0.243 e. The minimum atomic E-state index is -3.68. The lowest BCUT2D eigenvalue weighted by atomic mass is 10.1. The number of aliphatic hydroxyl groups is 1. The van der Waals surface area contributed by atoms with Gasteiger partial charge in [0.05, 0.1) is 12.4 Å². The van der Waals surface area contributed by atoms with Gasteiger partial charge < -0.3 is 5.11 Å². The third kappa shape index (κ3) is 3.88. The topological polar surface area (TPSA) is 92.2 Å². The number of halogens is 1. The van der Waals surface area contributed by atoms with Crippen molar-refractivity contribution in [3.05, 3.63) is 17.7 Å². The predicted octanol–water partition coefficient (Wildman–Crippen LogP) is 0.425. The van der Waals surface area contributed by atoms with Crippen molar-refractivity contribution in [1.82, 2.24) is 14.7 Å². The Morgan fingerprint density at radius 2 is 1.94 bits per heavy atom. The average molecular weight is 280 g/mol. The molecule has 0 amide bonds. The number of aliphatic hydroxyl groups excluding tert-OH is 1. The molecule has 0 saturated heterocycles. The van der Waals surface area contributed by atoms with Gasteiger partial charge in [-0.05, 0) is 24.4 Å². The molecule has 0 aromatic carbocycles. The molecule has 0 saturated carbocycles. The lowest BCUT2D eigenvalue weighted by Crippen LogP contribution is -2.38. The SMILES string of the molecule is CC(CO)C(C)NS(=O)(=O)c1cnc(Cl)nc1. The highest BCUT2D eigenvalue weighted by atomic mass is 35.5. The van der Waals surface area contributed by atoms with Crippen molar-refractivity contribution in [3.63, 3.8) is 0 Å². The Bertz CT molecular complexity index is 463. The van der Waals surface area contributed by atoms with Crippen molar-refractivity contribution in [3.8, 4) is 0 Å². The number of nitrogens with zero attached hydrogens (tertiary/aromatic N) is 2. The van der Waals surface area contributed by atoms with E-state index in [1.807, 2.05) is 0 Å².